The Balaban J connectivity index is 1.35. The molecule has 1 atom stereocenters. The SMILES string of the molecule is COc1ccc(CCNC(=O)[C@H](C)Sc2nc(C3CC3)nc3c2c(=O)[nH]c(=O)n3C2CC2)cc1. The van der Waals surface area contributed by atoms with Gasteiger partial charge in [-0.25, -0.2) is 14.8 Å². The van der Waals surface area contributed by atoms with E-state index in [1.807, 2.05) is 24.3 Å². The van der Waals surface area contributed by atoms with Crippen molar-refractivity contribution in [1.29, 1.82) is 0 Å². The highest BCUT2D eigenvalue weighted by atomic mass is 32.2. The number of H-pyrrole nitrogens is 1. The Morgan fingerprint density at radius 3 is 2.59 bits per heavy atom. The Bertz CT molecular complexity index is 1340. The highest BCUT2D eigenvalue weighted by Crippen LogP contribution is 2.41. The molecule has 0 unspecified atom stereocenters. The number of nitrogens with one attached hydrogen (secondary N) is 2. The van der Waals surface area contributed by atoms with E-state index >= 15 is 0 Å². The minimum absolute atomic E-state index is 0.0605. The summed E-state index contributed by atoms with van der Waals surface area (Å²) in [5.74, 6) is 1.56. The number of methoxy groups -OCH3 is 1. The molecule has 2 N–H and O–H groups in total. The molecule has 0 bridgehead atoms. The zero-order valence-corrected chi connectivity index (χ0v) is 20.0. The highest BCUT2D eigenvalue weighted by Gasteiger charge is 2.32. The molecular weight excluding hydrogens is 454 g/mol. The molecule has 2 aliphatic carbocycles. The second-order valence-corrected chi connectivity index (χ2v) is 10.2. The van der Waals surface area contributed by atoms with Gasteiger partial charge >= 0.3 is 5.69 Å². The first kappa shape index (κ1) is 22.6. The summed E-state index contributed by atoms with van der Waals surface area (Å²) in [5, 5.41) is 3.24. The van der Waals surface area contributed by atoms with E-state index in [2.05, 4.69) is 20.3 Å². The molecule has 1 amide bonds. The number of carbonyl (C=O) groups excluding carboxylic acids is 1. The first-order chi connectivity index (χ1) is 16.4. The van der Waals surface area contributed by atoms with Crippen LogP contribution in [0.1, 0.15) is 56.0 Å². The van der Waals surface area contributed by atoms with Crippen LogP contribution in [-0.4, -0.2) is 44.3 Å². The van der Waals surface area contributed by atoms with Crippen LogP contribution in [0.4, 0.5) is 0 Å². The number of nitrogens with zero attached hydrogens (tertiary/aromatic N) is 3. The van der Waals surface area contributed by atoms with Gasteiger partial charge in [0.2, 0.25) is 5.91 Å². The van der Waals surface area contributed by atoms with E-state index in [1.165, 1.54) is 11.8 Å². The lowest BCUT2D eigenvalue weighted by Crippen LogP contribution is -2.33. The van der Waals surface area contributed by atoms with E-state index in [1.54, 1.807) is 18.6 Å². The van der Waals surface area contributed by atoms with Crippen LogP contribution in [0.2, 0.25) is 0 Å². The van der Waals surface area contributed by atoms with Gasteiger partial charge in [0.1, 0.15) is 22.0 Å². The van der Waals surface area contributed by atoms with Crippen LogP contribution in [0, 0.1) is 0 Å². The van der Waals surface area contributed by atoms with Crippen LogP contribution in [0.15, 0.2) is 38.9 Å². The molecule has 2 saturated carbocycles. The summed E-state index contributed by atoms with van der Waals surface area (Å²) in [5.41, 5.74) is 0.555. The van der Waals surface area contributed by atoms with Crippen molar-refractivity contribution >= 4 is 28.7 Å². The number of aromatic nitrogens is 4. The van der Waals surface area contributed by atoms with Crippen LogP contribution in [0.3, 0.4) is 0 Å². The number of amides is 1. The van der Waals surface area contributed by atoms with E-state index in [-0.39, 0.29) is 17.9 Å². The number of carbonyl (C=O) groups is 1. The molecule has 34 heavy (non-hydrogen) atoms. The fourth-order valence-corrected chi connectivity index (χ4v) is 4.88. The standard InChI is InChI=1S/C24H27N5O4S/c1-13(21(30)25-12-11-14-3-9-17(33-2)10-4-14)34-23-18-20(26-19(27-23)15-5-6-15)29(16-7-8-16)24(32)28-22(18)31/h3-4,9-10,13,15-16H,5-8,11-12H2,1-2H3,(H,25,30)(H,28,31,32)/t13-/m0/s1. The third-order valence-electron chi connectivity index (χ3n) is 6.15. The monoisotopic (exact) mass is 481 g/mol. The Kier molecular flexibility index (Phi) is 6.16. The maximum atomic E-state index is 12.8. The number of benzene rings is 1. The van der Waals surface area contributed by atoms with E-state index in [4.69, 9.17) is 4.74 Å². The van der Waals surface area contributed by atoms with Crippen LogP contribution < -0.4 is 21.3 Å². The van der Waals surface area contributed by atoms with Gasteiger partial charge in [0.25, 0.3) is 5.56 Å². The van der Waals surface area contributed by atoms with Gasteiger partial charge < -0.3 is 10.1 Å². The van der Waals surface area contributed by atoms with Crippen molar-refractivity contribution in [2.75, 3.05) is 13.7 Å². The molecule has 0 radical (unpaired) electrons. The average molecular weight is 482 g/mol. The van der Waals surface area contributed by atoms with Crippen molar-refractivity contribution in [2.24, 2.45) is 0 Å². The second-order valence-electron chi connectivity index (χ2n) is 8.87. The van der Waals surface area contributed by atoms with E-state index < -0.39 is 16.5 Å². The van der Waals surface area contributed by atoms with E-state index in [9.17, 15) is 14.4 Å². The third kappa shape index (κ3) is 4.72. The molecule has 2 aromatic heterocycles. The molecule has 2 aliphatic rings. The Morgan fingerprint density at radius 1 is 1.21 bits per heavy atom. The van der Waals surface area contributed by atoms with Gasteiger partial charge in [-0.1, -0.05) is 23.9 Å². The minimum atomic E-state index is -0.506. The summed E-state index contributed by atoms with van der Waals surface area (Å²) in [7, 11) is 1.63. The molecule has 9 nitrogen and oxygen atoms in total. The number of hydrogen-bond acceptors (Lipinski definition) is 7. The number of rotatable bonds is 9. The molecule has 10 heteroatoms. The summed E-state index contributed by atoms with van der Waals surface area (Å²) in [6, 6.07) is 7.80. The highest BCUT2D eigenvalue weighted by molar-refractivity contribution is 8.00. The van der Waals surface area contributed by atoms with Crippen molar-refractivity contribution in [3.05, 3.63) is 56.5 Å². The minimum Gasteiger partial charge on any atom is -0.497 e. The van der Waals surface area contributed by atoms with Crippen LogP contribution >= 0.6 is 11.8 Å². The van der Waals surface area contributed by atoms with Crippen molar-refractivity contribution in [3.8, 4) is 5.75 Å². The van der Waals surface area contributed by atoms with Gasteiger partial charge in [-0.05, 0) is 56.7 Å². The fourth-order valence-electron chi connectivity index (χ4n) is 3.90. The molecule has 2 fully saturated rings. The van der Waals surface area contributed by atoms with E-state index in [0.717, 1.165) is 37.0 Å². The van der Waals surface area contributed by atoms with Crippen molar-refractivity contribution < 1.29 is 9.53 Å². The normalized spacial score (nSPS) is 16.4. The predicted molar refractivity (Wildman–Crippen MR) is 130 cm³/mol. The lowest BCUT2D eigenvalue weighted by atomic mass is 10.1. The lowest BCUT2D eigenvalue weighted by Gasteiger charge is -2.15. The largest absolute Gasteiger partial charge is 0.497 e. The molecule has 3 aromatic rings. The summed E-state index contributed by atoms with van der Waals surface area (Å²) < 4.78 is 6.76. The summed E-state index contributed by atoms with van der Waals surface area (Å²) in [6.07, 6.45) is 4.46. The molecule has 5 rings (SSSR count). The maximum Gasteiger partial charge on any atom is 0.330 e. The first-order valence-corrected chi connectivity index (χ1v) is 12.5. The van der Waals surface area contributed by atoms with Crippen LogP contribution in [-0.2, 0) is 11.2 Å². The first-order valence-electron chi connectivity index (χ1n) is 11.6. The lowest BCUT2D eigenvalue weighted by molar-refractivity contribution is -0.120. The fraction of sp³-hybridized carbons (Fsp3) is 0.458. The van der Waals surface area contributed by atoms with Crippen molar-refractivity contribution in [3.63, 3.8) is 0 Å². The van der Waals surface area contributed by atoms with E-state index in [0.29, 0.717) is 34.8 Å². The molecule has 0 saturated heterocycles. The van der Waals surface area contributed by atoms with Gasteiger partial charge in [-0.15, -0.1) is 0 Å². The van der Waals surface area contributed by atoms with Crippen molar-refractivity contribution in [1.82, 2.24) is 24.8 Å². The topological polar surface area (TPSA) is 119 Å². The Morgan fingerprint density at radius 2 is 1.94 bits per heavy atom. The second kappa shape index (κ2) is 9.25. The van der Waals surface area contributed by atoms with Gasteiger partial charge in [-0.3, -0.25) is 19.1 Å². The number of aromatic amines is 1. The molecular formula is C24H27N5O4S. The van der Waals surface area contributed by atoms with Crippen LogP contribution in [0.25, 0.3) is 11.0 Å². The van der Waals surface area contributed by atoms with Gasteiger partial charge in [-0.2, -0.15) is 0 Å². The van der Waals surface area contributed by atoms with Gasteiger partial charge in [0.05, 0.1) is 12.4 Å². The molecule has 1 aromatic carbocycles. The predicted octanol–water partition coefficient (Wildman–Crippen LogP) is 2.54. The summed E-state index contributed by atoms with van der Waals surface area (Å²) in [4.78, 5) is 49.8. The third-order valence-corrected chi connectivity index (χ3v) is 7.24. The quantitative estimate of drug-likeness (QED) is 0.356. The smallest absolute Gasteiger partial charge is 0.330 e. The number of hydrogen-bond donors (Lipinski definition) is 2. The molecule has 0 aliphatic heterocycles. The Hall–Kier alpha value is -3.14. The van der Waals surface area contributed by atoms with Gasteiger partial charge in [0, 0.05) is 18.5 Å². The van der Waals surface area contributed by atoms with Crippen LogP contribution in [0.5, 0.6) is 5.75 Å². The summed E-state index contributed by atoms with van der Waals surface area (Å²) in [6.45, 7) is 2.29. The molecule has 0 spiro atoms. The molecule has 2 heterocycles. The number of thioether (sulfide) groups is 1. The zero-order chi connectivity index (χ0) is 23.8. The molecule has 178 valence electrons. The summed E-state index contributed by atoms with van der Waals surface area (Å²) >= 11 is 1.24. The van der Waals surface area contributed by atoms with Gasteiger partial charge in [0.15, 0.2) is 5.65 Å². The number of fused-ring (bicyclic) bond motifs is 1. The maximum absolute atomic E-state index is 12.8. The average Bonchev–Trinajstić information content (AvgIpc) is 3.73. The van der Waals surface area contributed by atoms with Crippen molar-refractivity contribution in [2.45, 2.75) is 61.3 Å². The Labute approximate surface area is 200 Å². The number of ether oxygens (including phenoxy) is 1. The zero-order valence-electron chi connectivity index (χ0n) is 19.2.